The fraction of sp³-hybridized carbons (Fsp3) is 0.0444. The van der Waals surface area contributed by atoms with E-state index in [1.54, 1.807) is 22.7 Å². The zero-order chi connectivity index (χ0) is 35.3. The monoisotopic (exact) mass is 733 g/mol. The molecule has 0 aliphatic carbocycles. The number of benzene rings is 6. The van der Waals surface area contributed by atoms with Gasteiger partial charge in [-0.2, -0.15) is 0 Å². The summed E-state index contributed by atoms with van der Waals surface area (Å²) in [6.45, 7) is 0.800. The first-order chi connectivity index (χ1) is 26.7. The molecule has 0 bridgehead atoms. The predicted octanol–water partition coefficient (Wildman–Crippen LogP) is 12.6. The van der Waals surface area contributed by atoms with Gasteiger partial charge in [0.25, 0.3) is 5.89 Å². The number of rotatable bonds is 5. The van der Waals surface area contributed by atoms with Crippen LogP contribution in [0, 0.1) is 0 Å². The summed E-state index contributed by atoms with van der Waals surface area (Å²) in [6.07, 6.45) is 0.919. The van der Waals surface area contributed by atoms with Crippen LogP contribution < -0.4 is 4.90 Å². The van der Waals surface area contributed by atoms with Gasteiger partial charge >= 0.3 is 0 Å². The first-order valence-electron chi connectivity index (χ1n) is 17.9. The van der Waals surface area contributed by atoms with Crippen LogP contribution in [0.2, 0.25) is 0 Å². The molecular formula is C45H27N5O2S2. The van der Waals surface area contributed by atoms with Crippen LogP contribution in [0.4, 0.5) is 11.4 Å². The van der Waals surface area contributed by atoms with Crippen molar-refractivity contribution in [2.45, 2.75) is 6.42 Å². The van der Waals surface area contributed by atoms with Crippen molar-refractivity contribution in [3.05, 3.63) is 139 Å². The second kappa shape index (κ2) is 11.5. The van der Waals surface area contributed by atoms with E-state index in [-0.39, 0.29) is 0 Å². The van der Waals surface area contributed by atoms with Gasteiger partial charge < -0.3 is 18.7 Å². The third-order valence-electron chi connectivity index (χ3n) is 10.4. The van der Waals surface area contributed by atoms with Gasteiger partial charge in [0, 0.05) is 32.8 Å². The van der Waals surface area contributed by atoms with E-state index in [1.807, 2.05) is 48.5 Å². The molecule has 256 valence electrons. The standard InChI is InChI=1S/C45H27N5O2S2/c1-7-17-31-25(11-1)21-22-50(31)41-37(34-23-26-12-2-8-18-32(26)51-34)38(36-24-27-13-3-10-20-35(27)53-36)40-42(39(41)43-46-28-14-4-5-15-29(28)47-43)54-45(49-40)44-48-30-16-6-9-19-33(30)52-44/h1-20,23-24H,21-22H2,(H,46,47). The number of thiophene rings is 1. The molecule has 1 aliphatic rings. The number of aromatic amines is 1. The number of fused-ring (bicyclic) bond motifs is 6. The Labute approximate surface area is 315 Å². The fourth-order valence-corrected chi connectivity index (χ4v) is 10.2. The number of anilines is 2. The number of hydrogen-bond acceptors (Lipinski definition) is 8. The van der Waals surface area contributed by atoms with Gasteiger partial charge in [0.05, 0.1) is 38.1 Å². The molecule has 0 saturated carbocycles. The molecule has 11 aromatic rings. The number of H-pyrrole nitrogens is 1. The molecule has 0 spiro atoms. The van der Waals surface area contributed by atoms with Gasteiger partial charge in [-0.05, 0) is 72.0 Å². The van der Waals surface area contributed by atoms with Crippen molar-refractivity contribution < 1.29 is 8.83 Å². The SMILES string of the molecule is c1ccc2c(c1)CCN2c1c(-c2cc3ccccc3o2)c(-c2cc3ccccc3s2)c2nc(-c3nc4ccccc4o3)sc2c1-c1nc2ccccc2[nH]1. The van der Waals surface area contributed by atoms with Crippen LogP contribution in [0.5, 0.6) is 0 Å². The van der Waals surface area contributed by atoms with Gasteiger partial charge in [-0.3, -0.25) is 0 Å². The van der Waals surface area contributed by atoms with Gasteiger partial charge in [-0.15, -0.1) is 22.7 Å². The molecule has 6 heterocycles. The highest BCUT2D eigenvalue weighted by atomic mass is 32.1. The quantitative estimate of drug-likeness (QED) is 0.190. The van der Waals surface area contributed by atoms with E-state index in [0.717, 1.165) is 95.1 Å². The van der Waals surface area contributed by atoms with Crippen molar-refractivity contribution in [3.63, 3.8) is 0 Å². The van der Waals surface area contributed by atoms with Crippen LogP contribution in [0.3, 0.4) is 0 Å². The second-order valence-corrected chi connectivity index (χ2v) is 15.7. The molecule has 7 nitrogen and oxygen atoms in total. The lowest BCUT2D eigenvalue weighted by Gasteiger charge is -2.27. The van der Waals surface area contributed by atoms with E-state index in [9.17, 15) is 0 Å². The Morgan fingerprint density at radius 1 is 0.630 bits per heavy atom. The molecule has 9 heteroatoms. The van der Waals surface area contributed by atoms with Gasteiger partial charge in [-0.1, -0.05) is 78.9 Å². The number of furan rings is 1. The highest BCUT2D eigenvalue weighted by Crippen LogP contribution is 2.57. The molecule has 54 heavy (non-hydrogen) atoms. The summed E-state index contributed by atoms with van der Waals surface area (Å²) in [5.74, 6) is 2.04. The molecule has 5 aromatic heterocycles. The van der Waals surface area contributed by atoms with Crippen molar-refractivity contribution in [1.29, 1.82) is 0 Å². The van der Waals surface area contributed by atoms with Crippen molar-refractivity contribution in [2.24, 2.45) is 0 Å². The molecule has 0 unspecified atom stereocenters. The van der Waals surface area contributed by atoms with Gasteiger partial charge in [0.15, 0.2) is 10.6 Å². The maximum Gasteiger partial charge on any atom is 0.256 e. The topological polar surface area (TPSA) is 84.0 Å². The van der Waals surface area contributed by atoms with Crippen LogP contribution in [0.1, 0.15) is 5.56 Å². The Kier molecular flexibility index (Phi) is 6.37. The maximum absolute atomic E-state index is 6.90. The van der Waals surface area contributed by atoms with Crippen molar-refractivity contribution in [1.82, 2.24) is 19.9 Å². The Morgan fingerprint density at radius 3 is 2.28 bits per heavy atom. The maximum atomic E-state index is 6.90. The average Bonchev–Trinajstić information content (AvgIpc) is 4.06. The number of nitrogens with one attached hydrogen (secondary N) is 1. The van der Waals surface area contributed by atoms with E-state index in [0.29, 0.717) is 10.9 Å². The summed E-state index contributed by atoms with van der Waals surface area (Å²) in [4.78, 5) is 23.0. The molecule has 0 fully saturated rings. The molecule has 0 radical (unpaired) electrons. The van der Waals surface area contributed by atoms with Crippen molar-refractivity contribution in [3.8, 4) is 44.1 Å². The Hall–Kier alpha value is -6.55. The van der Waals surface area contributed by atoms with Crippen LogP contribution in [0.25, 0.3) is 97.5 Å². The minimum absolute atomic E-state index is 0.494. The van der Waals surface area contributed by atoms with E-state index in [2.05, 4.69) is 94.8 Å². The third-order valence-corrected chi connectivity index (χ3v) is 12.6. The summed E-state index contributed by atoms with van der Waals surface area (Å²) >= 11 is 3.37. The number of thiazole rings is 1. The van der Waals surface area contributed by atoms with Crippen molar-refractivity contribution >= 4 is 87.5 Å². The number of hydrogen-bond donors (Lipinski definition) is 1. The molecule has 1 N–H and O–H groups in total. The minimum Gasteiger partial charge on any atom is -0.456 e. The Morgan fingerprint density at radius 2 is 1.41 bits per heavy atom. The second-order valence-electron chi connectivity index (χ2n) is 13.6. The molecule has 0 atom stereocenters. The lowest BCUT2D eigenvalue weighted by Crippen LogP contribution is -2.16. The smallest absolute Gasteiger partial charge is 0.256 e. The first-order valence-corrected chi connectivity index (χ1v) is 19.5. The molecular weight excluding hydrogens is 707 g/mol. The van der Waals surface area contributed by atoms with Crippen molar-refractivity contribution in [2.75, 3.05) is 11.4 Å². The van der Waals surface area contributed by atoms with Crippen LogP contribution >= 0.6 is 22.7 Å². The third kappa shape index (κ3) is 4.49. The van der Waals surface area contributed by atoms with Crippen LogP contribution in [0.15, 0.2) is 142 Å². The highest BCUT2D eigenvalue weighted by molar-refractivity contribution is 7.23. The van der Waals surface area contributed by atoms with Crippen LogP contribution in [-0.2, 0) is 6.42 Å². The Bertz CT molecular complexity index is 3140. The number of aromatic nitrogens is 4. The number of oxazole rings is 1. The van der Waals surface area contributed by atoms with Gasteiger partial charge in [-0.25, -0.2) is 15.0 Å². The fourth-order valence-electron chi connectivity index (χ4n) is 8.00. The Balaban J connectivity index is 1.29. The zero-order valence-electron chi connectivity index (χ0n) is 28.5. The summed E-state index contributed by atoms with van der Waals surface area (Å²) in [5, 5.41) is 2.93. The minimum atomic E-state index is 0.494. The lowest BCUT2D eigenvalue weighted by molar-refractivity contribution is 0.619. The van der Waals surface area contributed by atoms with E-state index in [1.165, 1.54) is 21.3 Å². The summed E-state index contributed by atoms with van der Waals surface area (Å²) in [5.41, 5.74) is 11.6. The summed E-state index contributed by atoms with van der Waals surface area (Å²) in [7, 11) is 0. The predicted molar refractivity (Wildman–Crippen MR) is 221 cm³/mol. The number of imidazole rings is 1. The first kappa shape index (κ1) is 30.0. The van der Waals surface area contributed by atoms with Gasteiger partial charge in [0.1, 0.15) is 22.7 Å². The molecule has 0 amide bonds. The summed E-state index contributed by atoms with van der Waals surface area (Å²) < 4.78 is 15.5. The number of nitrogens with zero attached hydrogens (tertiary/aromatic N) is 4. The van der Waals surface area contributed by atoms with Crippen LogP contribution in [-0.4, -0.2) is 26.5 Å². The van der Waals surface area contributed by atoms with Gasteiger partial charge in [0.2, 0.25) is 0 Å². The largest absolute Gasteiger partial charge is 0.456 e. The van der Waals surface area contributed by atoms with E-state index < -0.39 is 0 Å². The number of para-hydroxylation sites is 6. The lowest BCUT2D eigenvalue weighted by atomic mass is 9.94. The zero-order valence-corrected chi connectivity index (χ0v) is 30.2. The average molecular weight is 734 g/mol. The molecule has 6 aromatic carbocycles. The van der Waals surface area contributed by atoms with E-state index >= 15 is 0 Å². The highest BCUT2D eigenvalue weighted by Gasteiger charge is 2.35. The molecule has 12 rings (SSSR count). The normalized spacial score (nSPS) is 13.0. The molecule has 0 saturated heterocycles. The van der Waals surface area contributed by atoms with E-state index in [4.69, 9.17) is 23.8 Å². The molecule has 1 aliphatic heterocycles. The summed E-state index contributed by atoms with van der Waals surface area (Å²) in [6, 6.07) is 46.1.